The van der Waals surface area contributed by atoms with E-state index < -0.39 is 36.1 Å². The van der Waals surface area contributed by atoms with Crippen molar-refractivity contribution in [2.24, 2.45) is 5.73 Å². The lowest BCUT2D eigenvalue weighted by atomic mass is 9.89. The molecule has 1 heterocycles. The molecule has 0 saturated heterocycles. The Morgan fingerprint density at radius 1 is 1.16 bits per heavy atom. The minimum absolute atomic E-state index is 0.0699. The second-order valence-electron chi connectivity index (χ2n) is 7.60. The molecule has 0 spiro atoms. The largest absolute Gasteiger partial charge is 0.508 e. The maximum atomic E-state index is 12.8. The number of amides is 3. The summed E-state index contributed by atoms with van der Waals surface area (Å²) in [7, 11) is 0. The van der Waals surface area contributed by atoms with E-state index in [0.29, 0.717) is 5.56 Å². The third-order valence-corrected chi connectivity index (χ3v) is 6.01. The van der Waals surface area contributed by atoms with Crippen LogP contribution in [0.4, 0.5) is 0 Å². The van der Waals surface area contributed by atoms with E-state index in [0.717, 1.165) is 4.88 Å². The first kappa shape index (κ1) is 23.5. The number of rotatable bonds is 8. The van der Waals surface area contributed by atoms with E-state index >= 15 is 0 Å². The predicted molar refractivity (Wildman–Crippen MR) is 118 cm³/mol. The Hall–Kier alpha value is -3.21. The van der Waals surface area contributed by atoms with Crippen LogP contribution in [-0.2, 0) is 27.2 Å². The summed E-state index contributed by atoms with van der Waals surface area (Å²) in [5.74, 6) is -1.66. The number of carbonyl (C=O) groups is 3. The standard InChI is InChI=1S/C22H25N3O6S/c23-21(30)17(8-12-3-5-14(26)6-4-12)25-22(31)13-9-16(20(29)18(27)10-13)24-19(28)11-15-2-1-7-32-15/h1-7,9,16-18,20,26-27,29H,8,10-11H2,(H2,23,30)(H,24,28)(H,25,31)/t16-,17+,18-,20-/m1/s1. The maximum Gasteiger partial charge on any atom is 0.247 e. The van der Waals surface area contributed by atoms with Crippen LogP contribution in [0.15, 0.2) is 53.4 Å². The van der Waals surface area contributed by atoms with E-state index in [1.54, 1.807) is 12.1 Å². The SMILES string of the molecule is NC(=O)[C@H](Cc1ccc(O)cc1)NC(=O)C1=C[C@@H](NC(=O)Cc2cccs2)[C@@H](O)[C@H](O)C1. The zero-order valence-corrected chi connectivity index (χ0v) is 17.9. The van der Waals surface area contributed by atoms with Gasteiger partial charge in [0.1, 0.15) is 17.9 Å². The molecule has 0 fully saturated rings. The molecule has 32 heavy (non-hydrogen) atoms. The summed E-state index contributed by atoms with van der Waals surface area (Å²) in [5, 5.41) is 36.9. The molecule has 0 radical (unpaired) electrons. The van der Waals surface area contributed by atoms with Gasteiger partial charge in [0, 0.05) is 23.3 Å². The van der Waals surface area contributed by atoms with Crippen molar-refractivity contribution in [2.45, 2.75) is 43.6 Å². The maximum absolute atomic E-state index is 12.8. The van der Waals surface area contributed by atoms with Crippen molar-refractivity contribution in [3.63, 3.8) is 0 Å². The fourth-order valence-corrected chi connectivity index (χ4v) is 4.12. The molecule has 10 heteroatoms. The van der Waals surface area contributed by atoms with Gasteiger partial charge in [0.25, 0.3) is 0 Å². The molecule has 3 rings (SSSR count). The molecule has 1 aliphatic carbocycles. The van der Waals surface area contributed by atoms with Gasteiger partial charge in [-0.1, -0.05) is 24.3 Å². The molecule has 0 aliphatic heterocycles. The highest BCUT2D eigenvalue weighted by atomic mass is 32.1. The lowest BCUT2D eigenvalue weighted by molar-refractivity contribution is -0.126. The van der Waals surface area contributed by atoms with Crippen molar-refractivity contribution in [2.75, 3.05) is 0 Å². The first-order chi connectivity index (χ1) is 15.2. The lowest BCUT2D eigenvalue weighted by Gasteiger charge is -2.31. The highest BCUT2D eigenvalue weighted by Crippen LogP contribution is 2.21. The van der Waals surface area contributed by atoms with Gasteiger partial charge in [0.05, 0.1) is 18.6 Å². The van der Waals surface area contributed by atoms with E-state index in [4.69, 9.17) is 5.73 Å². The van der Waals surface area contributed by atoms with Crippen LogP contribution in [0.2, 0.25) is 0 Å². The van der Waals surface area contributed by atoms with Gasteiger partial charge in [-0.3, -0.25) is 14.4 Å². The van der Waals surface area contributed by atoms with Crippen molar-refractivity contribution in [1.82, 2.24) is 10.6 Å². The number of hydrogen-bond acceptors (Lipinski definition) is 7. The molecule has 0 unspecified atom stereocenters. The second-order valence-corrected chi connectivity index (χ2v) is 8.63. The zero-order chi connectivity index (χ0) is 23.3. The predicted octanol–water partition coefficient (Wildman–Crippen LogP) is -0.254. The number of aliphatic hydroxyl groups excluding tert-OH is 2. The minimum Gasteiger partial charge on any atom is -0.508 e. The summed E-state index contributed by atoms with van der Waals surface area (Å²) < 4.78 is 0. The number of primary amides is 1. The fourth-order valence-electron chi connectivity index (χ4n) is 3.41. The van der Waals surface area contributed by atoms with E-state index in [1.807, 2.05) is 17.5 Å². The molecule has 3 amide bonds. The normalized spacial score (nSPS) is 21.3. The molecule has 9 nitrogen and oxygen atoms in total. The Kier molecular flexibility index (Phi) is 7.62. The summed E-state index contributed by atoms with van der Waals surface area (Å²) in [6.45, 7) is 0. The Morgan fingerprint density at radius 2 is 1.88 bits per heavy atom. The average Bonchev–Trinajstić information content (AvgIpc) is 3.25. The smallest absolute Gasteiger partial charge is 0.247 e. The third-order valence-electron chi connectivity index (χ3n) is 5.13. The van der Waals surface area contributed by atoms with Crippen molar-refractivity contribution < 1.29 is 29.7 Å². The van der Waals surface area contributed by atoms with Crippen LogP contribution in [0.25, 0.3) is 0 Å². The first-order valence-electron chi connectivity index (χ1n) is 9.99. The zero-order valence-electron chi connectivity index (χ0n) is 17.1. The number of thiophene rings is 1. The number of phenols is 1. The van der Waals surface area contributed by atoms with Gasteiger partial charge in [-0.05, 0) is 29.1 Å². The monoisotopic (exact) mass is 459 g/mol. The molecule has 0 bridgehead atoms. The molecule has 7 N–H and O–H groups in total. The van der Waals surface area contributed by atoms with Crippen LogP contribution in [-0.4, -0.2) is 57.3 Å². The average molecular weight is 460 g/mol. The summed E-state index contributed by atoms with van der Waals surface area (Å²) >= 11 is 1.42. The van der Waals surface area contributed by atoms with E-state index in [2.05, 4.69) is 10.6 Å². The molecule has 1 aliphatic rings. The Balaban J connectivity index is 1.68. The van der Waals surface area contributed by atoms with E-state index in [9.17, 15) is 29.7 Å². The molecule has 1 aromatic heterocycles. The number of carbonyl (C=O) groups excluding carboxylic acids is 3. The van der Waals surface area contributed by atoms with Gasteiger partial charge in [0.15, 0.2) is 0 Å². The molecule has 1 aromatic carbocycles. The summed E-state index contributed by atoms with van der Waals surface area (Å²) in [5.41, 5.74) is 6.24. The Bertz CT molecular complexity index is 990. The van der Waals surface area contributed by atoms with Crippen LogP contribution in [0.1, 0.15) is 16.9 Å². The third kappa shape index (κ3) is 6.16. The van der Waals surface area contributed by atoms with E-state index in [1.165, 1.54) is 29.5 Å². The molecule has 2 aromatic rings. The number of benzene rings is 1. The number of hydrogen-bond donors (Lipinski definition) is 6. The molecule has 4 atom stereocenters. The Labute approximate surface area is 188 Å². The fraction of sp³-hybridized carbons (Fsp3) is 0.318. The number of aromatic hydroxyl groups is 1. The number of aliphatic hydroxyl groups is 2. The van der Waals surface area contributed by atoms with Crippen LogP contribution in [0.5, 0.6) is 5.75 Å². The highest BCUT2D eigenvalue weighted by Gasteiger charge is 2.34. The van der Waals surface area contributed by atoms with Gasteiger partial charge in [-0.25, -0.2) is 0 Å². The summed E-state index contributed by atoms with van der Waals surface area (Å²) in [6.07, 6.45) is -1.07. The number of phenolic OH excluding ortho intramolecular Hbond substituents is 1. The van der Waals surface area contributed by atoms with Gasteiger partial charge < -0.3 is 31.7 Å². The van der Waals surface area contributed by atoms with Gasteiger partial charge >= 0.3 is 0 Å². The molecular weight excluding hydrogens is 434 g/mol. The van der Waals surface area contributed by atoms with Crippen molar-refractivity contribution in [3.05, 3.63) is 63.9 Å². The summed E-state index contributed by atoms with van der Waals surface area (Å²) in [6, 6.07) is 7.78. The molecule has 0 saturated carbocycles. The van der Waals surface area contributed by atoms with Crippen molar-refractivity contribution in [1.29, 1.82) is 0 Å². The quantitative estimate of drug-likeness (QED) is 0.319. The van der Waals surface area contributed by atoms with Gasteiger partial charge in [-0.2, -0.15) is 0 Å². The van der Waals surface area contributed by atoms with Crippen molar-refractivity contribution in [3.8, 4) is 5.75 Å². The molecular formula is C22H25N3O6S. The topological polar surface area (TPSA) is 162 Å². The van der Waals surface area contributed by atoms with Crippen LogP contribution >= 0.6 is 11.3 Å². The Morgan fingerprint density at radius 3 is 2.50 bits per heavy atom. The number of nitrogens with one attached hydrogen (secondary N) is 2. The first-order valence-corrected chi connectivity index (χ1v) is 10.9. The van der Waals surface area contributed by atoms with E-state index in [-0.39, 0.29) is 36.5 Å². The molecule has 170 valence electrons. The van der Waals surface area contributed by atoms with Crippen LogP contribution in [0, 0.1) is 0 Å². The van der Waals surface area contributed by atoms with Crippen LogP contribution < -0.4 is 16.4 Å². The summed E-state index contributed by atoms with van der Waals surface area (Å²) in [4.78, 5) is 37.8. The van der Waals surface area contributed by atoms with Gasteiger partial charge in [0.2, 0.25) is 17.7 Å². The highest BCUT2D eigenvalue weighted by molar-refractivity contribution is 7.10. The van der Waals surface area contributed by atoms with Crippen LogP contribution in [0.3, 0.4) is 0 Å². The second kappa shape index (κ2) is 10.4. The van der Waals surface area contributed by atoms with Crippen molar-refractivity contribution >= 4 is 29.1 Å². The number of nitrogens with two attached hydrogens (primary N) is 1. The lowest BCUT2D eigenvalue weighted by Crippen LogP contribution is -2.52. The minimum atomic E-state index is -1.28. The van der Waals surface area contributed by atoms with Gasteiger partial charge in [-0.15, -0.1) is 11.3 Å².